The van der Waals surface area contributed by atoms with Crippen molar-refractivity contribution in [1.82, 2.24) is 0 Å². The number of anilines is 1. The molecule has 2 atom stereocenters. The first kappa shape index (κ1) is 19.8. The second-order valence-electron chi connectivity index (χ2n) is 7.88. The number of hydrazone groups is 1. The molecule has 1 aliphatic heterocycles. The summed E-state index contributed by atoms with van der Waals surface area (Å²) in [6, 6.07) is 28.1. The maximum atomic E-state index is 5.22. The maximum absolute atomic E-state index is 5.22. The fourth-order valence-electron chi connectivity index (χ4n) is 4.55. The van der Waals surface area contributed by atoms with Gasteiger partial charge in [0.2, 0.25) is 0 Å². The minimum atomic E-state index is 0.226. The largest absolute Gasteiger partial charge is 0.257 e. The predicted molar refractivity (Wildman–Crippen MR) is 133 cm³/mol. The molecule has 5 rings (SSSR count). The quantitative estimate of drug-likeness (QED) is 0.340. The van der Waals surface area contributed by atoms with E-state index in [1.807, 2.05) is 0 Å². The van der Waals surface area contributed by atoms with Crippen molar-refractivity contribution in [3.05, 3.63) is 105 Å². The van der Waals surface area contributed by atoms with Gasteiger partial charge in [-0.15, -0.1) is 0 Å². The highest BCUT2D eigenvalue weighted by Gasteiger charge is 2.41. The Morgan fingerprint density at radius 2 is 1.50 bits per heavy atom. The molecular weight excluding hydrogens is 500 g/mol. The number of allylic oxidation sites excluding steroid dienone is 1. The zero-order valence-corrected chi connectivity index (χ0v) is 19.7. The first-order valence-electron chi connectivity index (χ1n) is 10.3. The lowest BCUT2D eigenvalue weighted by Gasteiger charge is -2.30. The van der Waals surface area contributed by atoms with Crippen LogP contribution in [-0.2, 0) is 0 Å². The number of fused-ring (bicyclic) bond motifs is 1. The molecule has 1 heterocycles. The highest BCUT2D eigenvalue weighted by Crippen LogP contribution is 2.46. The van der Waals surface area contributed by atoms with Crippen LogP contribution in [0.1, 0.15) is 36.4 Å². The van der Waals surface area contributed by atoms with Crippen molar-refractivity contribution in [1.29, 1.82) is 0 Å². The molecule has 0 unspecified atom stereocenters. The van der Waals surface area contributed by atoms with Crippen LogP contribution in [0.25, 0.3) is 6.08 Å². The van der Waals surface area contributed by atoms with Crippen LogP contribution in [0.2, 0.25) is 0 Å². The molecule has 0 bridgehead atoms. The van der Waals surface area contributed by atoms with Gasteiger partial charge in [-0.25, -0.2) is 0 Å². The lowest BCUT2D eigenvalue weighted by Crippen LogP contribution is -2.28. The molecule has 1 saturated carbocycles. The summed E-state index contributed by atoms with van der Waals surface area (Å²) in [6.07, 6.45) is 5.77. The van der Waals surface area contributed by atoms with E-state index in [1.165, 1.54) is 35.3 Å². The molecule has 0 amide bonds. The number of hydrogen-bond donors (Lipinski definition) is 0. The Morgan fingerprint density at radius 3 is 2.20 bits per heavy atom. The smallest absolute Gasteiger partial charge is 0.0859 e. The lowest BCUT2D eigenvalue weighted by atomic mass is 9.77. The summed E-state index contributed by atoms with van der Waals surface area (Å²) in [7, 11) is 0. The van der Waals surface area contributed by atoms with Gasteiger partial charge in [-0.2, -0.15) is 5.10 Å². The van der Waals surface area contributed by atoms with E-state index >= 15 is 0 Å². The summed E-state index contributed by atoms with van der Waals surface area (Å²) < 4.78 is 2.21. The first-order chi connectivity index (χ1) is 14.7. The molecule has 4 heteroatoms. The minimum absolute atomic E-state index is 0.226. The van der Waals surface area contributed by atoms with E-state index in [0.717, 1.165) is 21.1 Å². The molecule has 0 spiro atoms. The van der Waals surface area contributed by atoms with Crippen molar-refractivity contribution < 1.29 is 0 Å². The van der Waals surface area contributed by atoms with Gasteiger partial charge in [0.15, 0.2) is 0 Å². The number of halogens is 2. The summed E-state index contributed by atoms with van der Waals surface area (Å²) >= 11 is 7.11. The van der Waals surface area contributed by atoms with Gasteiger partial charge in [-0.3, -0.25) is 5.01 Å². The Balaban J connectivity index is 1.58. The van der Waals surface area contributed by atoms with Crippen LogP contribution in [0, 0.1) is 5.92 Å². The van der Waals surface area contributed by atoms with E-state index in [1.54, 1.807) is 0 Å². The molecule has 3 aromatic rings. The molecule has 2 nitrogen and oxygen atoms in total. The molecular formula is C26H22Br2N2. The third-order valence-corrected chi connectivity index (χ3v) is 7.00. The molecule has 1 fully saturated rings. The van der Waals surface area contributed by atoms with E-state index in [0.29, 0.717) is 5.92 Å². The third kappa shape index (κ3) is 3.91. The van der Waals surface area contributed by atoms with Crippen LogP contribution in [0.3, 0.4) is 0 Å². The summed E-state index contributed by atoms with van der Waals surface area (Å²) in [6.45, 7) is 0. The highest BCUT2D eigenvalue weighted by molar-refractivity contribution is 9.10. The SMILES string of the molecule is Brc1ccc(/C=C2\CCC[C@H]3C2=NN(c2ccccc2)[C@@H]3c2ccc(Br)cc2)cc1. The monoisotopic (exact) mass is 520 g/mol. The van der Waals surface area contributed by atoms with Gasteiger partial charge in [0.25, 0.3) is 0 Å². The normalized spacial score (nSPS) is 22.1. The maximum Gasteiger partial charge on any atom is 0.0859 e. The molecule has 0 radical (unpaired) electrons. The van der Waals surface area contributed by atoms with Gasteiger partial charge in [-0.1, -0.05) is 74.3 Å². The fourth-order valence-corrected chi connectivity index (χ4v) is 5.08. The van der Waals surface area contributed by atoms with Crippen molar-refractivity contribution in [3.63, 3.8) is 0 Å². The van der Waals surface area contributed by atoms with E-state index in [9.17, 15) is 0 Å². The third-order valence-electron chi connectivity index (χ3n) is 5.94. The van der Waals surface area contributed by atoms with Crippen molar-refractivity contribution >= 4 is 49.3 Å². The molecule has 30 heavy (non-hydrogen) atoms. The van der Waals surface area contributed by atoms with Crippen molar-refractivity contribution in [2.24, 2.45) is 11.0 Å². The molecule has 0 aromatic heterocycles. The minimum Gasteiger partial charge on any atom is -0.257 e. The van der Waals surface area contributed by atoms with Gasteiger partial charge in [0, 0.05) is 14.9 Å². The van der Waals surface area contributed by atoms with Gasteiger partial charge in [0.05, 0.1) is 17.4 Å². The number of hydrogen-bond acceptors (Lipinski definition) is 2. The van der Waals surface area contributed by atoms with Gasteiger partial charge >= 0.3 is 0 Å². The van der Waals surface area contributed by atoms with E-state index in [-0.39, 0.29) is 6.04 Å². The number of para-hydroxylation sites is 1. The zero-order valence-electron chi connectivity index (χ0n) is 16.5. The molecule has 3 aromatic carbocycles. The summed E-state index contributed by atoms with van der Waals surface area (Å²) in [5.74, 6) is 0.404. The van der Waals surface area contributed by atoms with Gasteiger partial charge < -0.3 is 0 Å². The van der Waals surface area contributed by atoms with Crippen LogP contribution < -0.4 is 5.01 Å². The molecule has 150 valence electrons. The lowest BCUT2D eigenvalue weighted by molar-refractivity contribution is 0.488. The standard InChI is InChI=1S/C26H22Br2N2/c27-21-13-9-18(10-14-21)17-20-5-4-8-24-25(20)29-30(23-6-2-1-3-7-23)26(24)19-11-15-22(28)16-12-19/h1-3,6-7,9-17,24,26H,4-5,8H2/b20-17+/t24-,26+/m0/s1. The molecule has 1 aliphatic carbocycles. The average Bonchev–Trinajstić information content (AvgIpc) is 3.17. The average molecular weight is 522 g/mol. The highest BCUT2D eigenvalue weighted by atomic mass is 79.9. The first-order valence-corrected chi connectivity index (χ1v) is 11.9. The van der Waals surface area contributed by atoms with Crippen LogP contribution in [0.4, 0.5) is 5.69 Å². The Kier molecular flexibility index (Phi) is 5.62. The predicted octanol–water partition coefficient (Wildman–Crippen LogP) is 8.01. The number of nitrogens with zero attached hydrogens (tertiary/aromatic N) is 2. The topological polar surface area (TPSA) is 15.6 Å². The number of rotatable bonds is 3. The van der Waals surface area contributed by atoms with Crippen molar-refractivity contribution in [3.8, 4) is 0 Å². The number of benzene rings is 3. The molecule has 0 saturated heterocycles. The summed E-state index contributed by atoms with van der Waals surface area (Å²) in [5, 5.41) is 7.46. The van der Waals surface area contributed by atoms with E-state index in [2.05, 4.69) is 122 Å². The van der Waals surface area contributed by atoms with Crippen molar-refractivity contribution in [2.75, 3.05) is 5.01 Å². The van der Waals surface area contributed by atoms with Gasteiger partial charge in [0.1, 0.15) is 0 Å². The summed E-state index contributed by atoms with van der Waals surface area (Å²) in [5.41, 5.74) is 6.32. The Morgan fingerprint density at radius 1 is 0.833 bits per heavy atom. The zero-order chi connectivity index (χ0) is 20.5. The second kappa shape index (κ2) is 8.52. The van der Waals surface area contributed by atoms with Crippen LogP contribution >= 0.6 is 31.9 Å². The fraction of sp³-hybridized carbons (Fsp3) is 0.192. The van der Waals surface area contributed by atoms with Crippen LogP contribution in [0.15, 0.2) is 98.5 Å². The van der Waals surface area contributed by atoms with Crippen molar-refractivity contribution in [2.45, 2.75) is 25.3 Å². The van der Waals surface area contributed by atoms with E-state index in [4.69, 9.17) is 5.10 Å². The Labute approximate surface area is 194 Å². The van der Waals surface area contributed by atoms with Crippen LogP contribution in [-0.4, -0.2) is 5.71 Å². The van der Waals surface area contributed by atoms with E-state index < -0.39 is 0 Å². The Bertz CT molecular complexity index is 1090. The summed E-state index contributed by atoms with van der Waals surface area (Å²) in [4.78, 5) is 0. The van der Waals surface area contributed by atoms with Crippen LogP contribution in [0.5, 0.6) is 0 Å². The Hall–Kier alpha value is -2.17. The van der Waals surface area contributed by atoms with Gasteiger partial charge in [-0.05, 0) is 78.4 Å². The second-order valence-corrected chi connectivity index (χ2v) is 9.71. The molecule has 2 aliphatic rings. The molecule has 0 N–H and O–H groups in total.